The zero-order valence-corrected chi connectivity index (χ0v) is 19.2. The molecule has 2 amide bonds. The van der Waals surface area contributed by atoms with Crippen molar-refractivity contribution in [3.8, 4) is 0 Å². The molecular weight excluding hydrogens is 406 g/mol. The minimum absolute atomic E-state index is 0.0233. The van der Waals surface area contributed by atoms with Crippen LogP contribution in [-0.4, -0.2) is 35.9 Å². The molecule has 0 aliphatic heterocycles. The molecule has 7 heteroatoms. The molecule has 172 valence electrons. The first kappa shape index (κ1) is 25.0. The lowest BCUT2D eigenvalue weighted by Crippen LogP contribution is -2.50. The standard InChI is InChI=1S/C25H33N3O4/c1-17(2)14-21(16-23(29)32-4)24(30)28-22(15-19-10-12-26-13-11-19)25(31)27-18(3)20-8-6-5-7-9-20/h5-13,17-18,21-22H,14-16H2,1-4H3,(H,27,31)(H,28,30)/t18-,21+,22-/m0/s1. The predicted octanol–water partition coefficient (Wildman–Crippen LogP) is 3.21. The van der Waals surface area contributed by atoms with Gasteiger partial charge in [-0.25, -0.2) is 0 Å². The molecule has 0 fully saturated rings. The lowest BCUT2D eigenvalue weighted by molar-refractivity contribution is -0.144. The van der Waals surface area contributed by atoms with Crippen LogP contribution in [0.2, 0.25) is 0 Å². The monoisotopic (exact) mass is 439 g/mol. The second kappa shape index (κ2) is 12.6. The fourth-order valence-electron chi connectivity index (χ4n) is 3.53. The second-order valence-electron chi connectivity index (χ2n) is 8.37. The Morgan fingerprint density at radius 1 is 0.938 bits per heavy atom. The molecule has 0 saturated heterocycles. The molecule has 7 nitrogen and oxygen atoms in total. The van der Waals surface area contributed by atoms with E-state index in [9.17, 15) is 14.4 Å². The lowest BCUT2D eigenvalue weighted by atomic mass is 9.92. The van der Waals surface area contributed by atoms with E-state index >= 15 is 0 Å². The number of carbonyl (C=O) groups is 3. The molecule has 0 radical (unpaired) electrons. The Morgan fingerprint density at radius 2 is 1.59 bits per heavy atom. The Kier molecular flexibility index (Phi) is 9.85. The third-order valence-corrected chi connectivity index (χ3v) is 5.25. The number of pyridine rings is 1. The van der Waals surface area contributed by atoms with Crippen molar-refractivity contribution in [3.05, 3.63) is 66.0 Å². The van der Waals surface area contributed by atoms with E-state index in [-0.39, 0.29) is 30.2 Å². The number of ether oxygens (including phenoxy) is 1. The Labute approximate surface area is 190 Å². The normalized spacial score (nSPS) is 13.7. The number of benzene rings is 1. The van der Waals surface area contributed by atoms with Crippen LogP contribution in [0.5, 0.6) is 0 Å². The van der Waals surface area contributed by atoms with Gasteiger partial charge in [-0.3, -0.25) is 19.4 Å². The summed E-state index contributed by atoms with van der Waals surface area (Å²) in [5.41, 5.74) is 1.85. The molecule has 3 atom stereocenters. The zero-order valence-electron chi connectivity index (χ0n) is 19.2. The fraction of sp³-hybridized carbons (Fsp3) is 0.440. The van der Waals surface area contributed by atoms with Crippen molar-refractivity contribution in [1.82, 2.24) is 15.6 Å². The van der Waals surface area contributed by atoms with E-state index in [2.05, 4.69) is 15.6 Å². The topological polar surface area (TPSA) is 97.4 Å². The summed E-state index contributed by atoms with van der Waals surface area (Å²) in [5.74, 6) is -1.42. The van der Waals surface area contributed by atoms with Crippen molar-refractivity contribution in [1.29, 1.82) is 0 Å². The summed E-state index contributed by atoms with van der Waals surface area (Å²) in [6, 6.07) is 12.2. The maximum Gasteiger partial charge on any atom is 0.306 e. The first-order chi connectivity index (χ1) is 15.3. The molecular formula is C25H33N3O4. The number of esters is 1. The minimum atomic E-state index is -0.789. The van der Waals surface area contributed by atoms with E-state index in [0.29, 0.717) is 12.8 Å². The summed E-state index contributed by atoms with van der Waals surface area (Å²) in [7, 11) is 1.30. The van der Waals surface area contributed by atoms with Crippen molar-refractivity contribution in [2.45, 2.75) is 52.1 Å². The number of nitrogens with one attached hydrogen (secondary N) is 2. The summed E-state index contributed by atoms with van der Waals surface area (Å²) in [6.07, 6.45) is 4.11. The number of hydrogen-bond acceptors (Lipinski definition) is 5. The van der Waals surface area contributed by atoms with Crippen molar-refractivity contribution in [3.63, 3.8) is 0 Å². The van der Waals surface area contributed by atoms with Crippen molar-refractivity contribution in [2.75, 3.05) is 7.11 Å². The number of aromatic nitrogens is 1. The third kappa shape index (κ3) is 8.13. The summed E-state index contributed by atoms with van der Waals surface area (Å²) in [6.45, 7) is 5.87. The van der Waals surface area contributed by atoms with Gasteiger partial charge in [0, 0.05) is 24.7 Å². The lowest BCUT2D eigenvalue weighted by Gasteiger charge is -2.24. The molecule has 2 aromatic rings. The largest absolute Gasteiger partial charge is 0.469 e. The van der Waals surface area contributed by atoms with E-state index < -0.39 is 17.9 Å². The van der Waals surface area contributed by atoms with Crippen LogP contribution in [0, 0.1) is 11.8 Å². The summed E-state index contributed by atoms with van der Waals surface area (Å²) < 4.78 is 4.76. The third-order valence-electron chi connectivity index (χ3n) is 5.25. The molecule has 1 aromatic carbocycles. The Balaban J connectivity index is 2.18. The van der Waals surface area contributed by atoms with Crippen LogP contribution >= 0.6 is 0 Å². The highest BCUT2D eigenvalue weighted by Gasteiger charge is 2.29. The quantitative estimate of drug-likeness (QED) is 0.524. The smallest absolute Gasteiger partial charge is 0.306 e. The highest BCUT2D eigenvalue weighted by Crippen LogP contribution is 2.18. The molecule has 0 aliphatic carbocycles. The van der Waals surface area contributed by atoms with Crippen LogP contribution in [0.25, 0.3) is 0 Å². The number of methoxy groups -OCH3 is 1. The van der Waals surface area contributed by atoms with Gasteiger partial charge in [0.25, 0.3) is 0 Å². The molecule has 1 aromatic heterocycles. The minimum Gasteiger partial charge on any atom is -0.469 e. The molecule has 0 spiro atoms. The van der Waals surface area contributed by atoms with Gasteiger partial charge in [0.2, 0.25) is 11.8 Å². The van der Waals surface area contributed by atoms with Crippen LogP contribution in [0.15, 0.2) is 54.9 Å². The first-order valence-corrected chi connectivity index (χ1v) is 10.9. The summed E-state index contributed by atoms with van der Waals surface area (Å²) >= 11 is 0. The highest BCUT2D eigenvalue weighted by molar-refractivity contribution is 5.90. The van der Waals surface area contributed by atoms with Crippen LogP contribution in [0.1, 0.15) is 50.8 Å². The maximum atomic E-state index is 13.2. The number of rotatable bonds is 11. The van der Waals surface area contributed by atoms with Crippen molar-refractivity contribution >= 4 is 17.8 Å². The maximum absolute atomic E-state index is 13.2. The van der Waals surface area contributed by atoms with Gasteiger partial charge in [-0.2, -0.15) is 0 Å². The number of hydrogen-bond donors (Lipinski definition) is 2. The average Bonchev–Trinajstić information content (AvgIpc) is 2.78. The van der Waals surface area contributed by atoms with Gasteiger partial charge in [-0.1, -0.05) is 44.2 Å². The van der Waals surface area contributed by atoms with Gasteiger partial charge < -0.3 is 15.4 Å². The SMILES string of the molecule is COC(=O)C[C@@H](CC(C)C)C(=O)N[C@@H](Cc1ccncc1)C(=O)N[C@@H](C)c1ccccc1. The second-order valence-corrected chi connectivity index (χ2v) is 8.37. The van der Waals surface area contributed by atoms with Gasteiger partial charge >= 0.3 is 5.97 Å². The van der Waals surface area contributed by atoms with E-state index in [0.717, 1.165) is 11.1 Å². The predicted molar refractivity (Wildman–Crippen MR) is 122 cm³/mol. The Bertz CT molecular complexity index is 871. The first-order valence-electron chi connectivity index (χ1n) is 10.9. The molecule has 32 heavy (non-hydrogen) atoms. The number of amides is 2. The number of carbonyl (C=O) groups excluding carboxylic acids is 3. The van der Waals surface area contributed by atoms with Gasteiger partial charge in [0.1, 0.15) is 6.04 Å². The van der Waals surface area contributed by atoms with Crippen molar-refractivity contribution < 1.29 is 19.1 Å². The van der Waals surface area contributed by atoms with Gasteiger partial charge in [0.15, 0.2) is 0 Å². The van der Waals surface area contributed by atoms with E-state index in [1.165, 1.54) is 7.11 Å². The zero-order chi connectivity index (χ0) is 23.5. The average molecular weight is 440 g/mol. The molecule has 0 unspecified atom stereocenters. The van der Waals surface area contributed by atoms with E-state index in [1.54, 1.807) is 12.4 Å². The fourth-order valence-corrected chi connectivity index (χ4v) is 3.53. The molecule has 2 N–H and O–H groups in total. The van der Waals surface area contributed by atoms with E-state index in [1.807, 2.05) is 63.2 Å². The van der Waals surface area contributed by atoms with Gasteiger partial charge in [-0.05, 0) is 42.5 Å². The van der Waals surface area contributed by atoms with E-state index in [4.69, 9.17) is 4.74 Å². The summed E-state index contributed by atoms with van der Waals surface area (Å²) in [5, 5.41) is 5.87. The van der Waals surface area contributed by atoms with Crippen LogP contribution in [-0.2, 0) is 25.5 Å². The van der Waals surface area contributed by atoms with Gasteiger partial charge in [-0.15, -0.1) is 0 Å². The summed E-state index contributed by atoms with van der Waals surface area (Å²) in [4.78, 5) is 42.1. The van der Waals surface area contributed by atoms with Crippen molar-refractivity contribution in [2.24, 2.45) is 11.8 Å². The molecule has 0 saturated carbocycles. The van der Waals surface area contributed by atoms with Crippen LogP contribution < -0.4 is 10.6 Å². The van der Waals surface area contributed by atoms with Crippen LogP contribution in [0.3, 0.4) is 0 Å². The highest BCUT2D eigenvalue weighted by atomic mass is 16.5. The van der Waals surface area contributed by atoms with Crippen LogP contribution in [0.4, 0.5) is 0 Å². The Hall–Kier alpha value is -3.22. The van der Waals surface area contributed by atoms with Gasteiger partial charge in [0.05, 0.1) is 19.6 Å². The Morgan fingerprint density at radius 3 is 2.19 bits per heavy atom. The molecule has 2 rings (SSSR count). The molecule has 0 aliphatic rings. The molecule has 0 bridgehead atoms. The molecule has 1 heterocycles. The number of nitrogens with zero attached hydrogens (tertiary/aromatic N) is 1.